The van der Waals surface area contributed by atoms with E-state index in [2.05, 4.69) is 20.3 Å². The van der Waals surface area contributed by atoms with Gasteiger partial charge in [0, 0.05) is 31.6 Å². The Morgan fingerprint density at radius 3 is 2.94 bits per heavy atom. The Labute approximate surface area is 93.2 Å². The van der Waals surface area contributed by atoms with Crippen molar-refractivity contribution in [1.82, 2.24) is 15.0 Å². The molecular formula is C11H11N5. The summed E-state index contributed by atoms with van der Waals surface area (Å²) in [5.74, 6) is 1.71. The van der Waals surface area contributed by atoms with Gasteiger partial charge in [0.05, 0.1) is 5.56 Å². The Morgan fingerprint density at radius 2 is 2.31 bits per heavy atom. The average Bonchev–Trinajstić information content (AvgIpc) is 2.83. The van der Waals surface area contributed by atoms with Gasteiger partial charge in [-0.2, -0.15) is 5.26 Å². The van der Waals surface area contributed by atoms with Crippen LogP contribution in [0, 0.1) is 11.3 Å². The number of rotatable bonds is 4. The summed E-state index contributed by atoms with van der Waals surface area (Å²) in [6.07, 6.45) is 5.90. The molecule has 5 nitrogen and oxygen atoms in total. The molecule has 0 bridgehead atoms. The third-order valence-corrected chi connectivity index (χ3v) is 2.12. The van der Waals surface area contributed by atoms with E-state index in [4.69, 9.17) is 5.26 Å². The lowest BCUT2D eigenvalue weighted by atomic mass is 10.3. The molecule has 0 unspecified atom stereocenters. The average molecular weight is 213 g/mol. The largest absolute Gasteiger partial charge is 0.370 e. The fourth-order valence-electron chi connectivity index (χ4n) is 1.31. The third-order valence-electron chi connectivity index (χ3n) is 2.12. The molecular weight excluding hydrogens is 202 g/mol. The van der Waals surface area contributed by atoms with Gasteiger partial charge in [-0.3, -0.25) is 0 Å². The molecule has 0 aliphatic heterocycles. The number of nitriles is 1. The van der Waals surface area contributed by atoms with Crippen molar-refractivity contribution in [2.75, 3.05) is 11.9 Å². The van der Waals surface area contributed by atoms with Gasteiger partial charge in [0.2, 0.25) is 0 Å². The molecule has 0 atom stereocenters. The van der Waals surface area contributed by atoms with E-state index in [1.54, 1.807) is 30.7 Å². The van der Waals surface area contributed by atoms with Crippen molar-refractivity contribution in [3.8, 4) is 6.07 Å². The monoisotopic (exact) mass is 213 g/mol. The molecule has 0 saturated carbocycles. The molecule has 0 aromatic carbocycles. The van der Waals surface area contributed by atoms with E-state index < -0.39 is 0 Å². The molecule has 80 valence electrons. The standard InChI is InChI=1S/C11H11N5/c12-7-9-1-2-10(16-8-9)13-4-3-11-14-5-6-15-11/h1-2,5-6,8H,3-4H2,(H,13,16)(H,14,15). The van der Waals surface area contributed by atoms with Gasteiger partial charge >= 0.3 is 0 Å². The van der Waals surface area contributed by atoms with Crippen molar-refractivity contribution in [2.24, 2.45) is 0 Å². The van der Waals surface area contributed by atoms with Crippen LogP contribution in [0.4, 0.5) is 5.82 Å². The molecule has 0 fully saturated rings. The summed E-state index contributed by atoms with van der Waals surface area (Å²) in [6.45, 7) is 0.756. The summed E-state index contributed by atoms with van der Waals surface area (Å²) < 4.78 is 0. The quantitative estimate of drug-likeness (QED) is 0.803. The predicted molar refractivity (Wildman–Crippen MR) is 59.7 cm³/mol. The van der Waals surface area contributed by atoms with Gasteiger partial charge in [0.1, 0.15) is 17.7 Å². The Hall–Kier alpha value is -2.35. The summed E-state index contributed by atoms with van der Waals surface area (Å²) in [5, 5.41) is 11.8. The van der Waals surface area contributed by atoms with E-state index in [0.717, 1.165) is 24.6 Å². The Balaban J connectivity index is 1.83. The molecule has 2 N–H and O–H groups in total. The third kappa shape index (κ3) is 2.58. The molecule has 2 heterocycles. The van der Waals surface area contributed by atoms with Crippen molar-refractivity contribution in [2.45, 2.75) is 6.42 Å². The van der Waals surface area contributed by atoms with Crippen LogP contribution < -0.4 is 5.32 Å². The van der Waals surface area contributed by atoms with Crippen LogP contribution in [0.1, 0.15) is 11.4 Å². The molecule has 2 aromatic heterocycles. The van der Waals surface area contributed by atoms with Crippen LogP contribution in [-0.4, -0.2) is 21.5 Å². The van der Waals surface area contributed by atoms with Crippen LogP contribution in [-0.2, 0) is 6.42 Å². The summed E-state index contributed by atoms with van der Waals surface area (Å²) in [5.41, 5.74) is 0.566. The topological polar surface area (TPSA) is 77.4 Å². The number of aromatic nitrogens is 3. The number of pyridine rings is 1. The Kier molecular flexibility index (Phi) is 3.14. The maximum absolute atomic E-state index is 8.61. The first-order valence-corrected chi connectivity index (χ1v) is 4.97. The highest BCUT2D eigenvalue weighted by atomic mass is 15.0. The lowest BCUT2D eigenvalue weighted by molar-refractivity contribution is 0.921. The first-order chi connectivity index (χ1) is 7.88. The van der Waals surface area contributed by atoms with E-state index in [1.807, 2.05) is 6.07 Å². The molecule has 0 saturated heterocycles. The SMILES string of the molecule is N#Cc1ccc(NCCc2ncc[nH]2)nc1. The van der Waals surface area contributed by atoms with Crippen molar-refractivity contribution in [3.05, 3.63) is 42.1 Å². The summed E-state index contributed by atoms with van der Waals surface area (Å²) in [6, 6.07) is 5.56. The lowest BCUT2D eigenvalue weighted by Crippen LogP contribution is -2.07. The fraction of sp³-hybridized carbons (Fsp3) is 0.182. The van der Waals surface area contributed by atoms with E-state index >= 15 is 0 Å². The highest BCUT2D eigenvalue weighted by Gasteiger charge is 1.96. The normalized spacial score (nSPS) is 9.69. The smallest absolute Gasteiger partial charge is 0.125 e. The minimum Gasteiger partial charge on any atom is -0.370 e. The highest BCUT2D eigenvalue weighted by molar-refractivity contribution is 5.38. The summed E-state index contributed by atoms with van der Waals surface area (Å²) in [7, 11) is 0. The number of nitrogens with zero attached hydrogens (tertiary/aromatic N) is 3. The van der Waals surface area contributed by atoms with Gasteiger partial charge in [-0.05, 0) is 12.1 Å². The second-order valence-corrected chi connectivity index (χ2v) is 3.26. The molecule has 0 spiro atoms. The number of hydrogen-bond acceptors (Lipinski definition) is 4. The minimum atomic E-state index is 0.566. The molecule has 16 heavy (non-hydrogen) atoms. The van der Waals surface area contributed by atoms with Crippen molar-refractivity contribution >= 4 is 5.82 Å². The lowest BCUT2D eigenvalue weighted by Gasteiger charge is -2.03. The van der Waals surface area contributed by atoms with Crippen molar-refractivity contribution < 1.29 is 0 Å². The number of nitrogens with one attached hydrogen (secondary N) is 2. The molecule has 5 heteroatoms. The van der Waals surface area contributed by atoms with Crippen LogP contribution in [0.15, 0.2) is 30.7 Å². The summed E-state index contributed by atoms with van der Waals surface area (Å²) in [4.78, 5) is 11.2. The highest BCUT2D eigenvalue weighted by Crippen LogP contribution is 2.03. The zero-order valence-corrected chi connectivity index (χ0v) is 8.64. The molecule has 0 aliphatic carbocycles. The van der Waals surface area contributed by atoms with Crippen LogP contribution in [0.25, 0.3) is 0 Å². The van der Waals surface area contributed by atoms with E-state index in [1.165, 1.54) is 0 Å². The minimum absolute atomic E-state index is 0.566. The molecule has 0 radical (unpaired) electrons. The van der Waals surface area contributed by atoms with Gasteiger partial charge in [-0.25, -0.2) is 9.97 Å². The summed E-state index contributed by atoms with van der Waals surface area (Å²) >= 11 is 0. The van der Waals surface area contributed by atoms with Gasteiger partial charge in [0.15, 0.2) is 0 Å². The molecule has 2 aromatic rings. The zero-order valence-electron chi connectivity index (χ0n) is 8.64. The Morgan fingerprint density at radius 1 is 1.38 bits per heavy atom. The van der Waals surface area contributed by atoms with Crippen LogP contribution in [0.3, 0.4) is 0 Å². The number of hydrogen-bond donors (Lipinski definition) is 2. The van der Waals surface area contributed by atoms with E-state index in [-0.39, 0.29) is 0 Å². The molecule has 0 aliphatic rings. The number of anilines is 1. The van der Waals surface area contributed by atoms with Crippen LogP contribution >= 0.6 is 0 Å². The van der Waals surface area contributed by atoms with Crippen LogP contribution in [0.5, 0.6) is 0 Å². The molecule has 2 rings (SSSR count). The number of imidazole rings is 1. The van der Waals surface area contributed by atoms with E-state index in [9.17, 15) is 0 Å². The first kappa shape index (κ1) is 10.2. The van der Waals surface area contributed by atoms with Gasteiger partial charge in [0.25, 0.3) is 0 Å². The second kappa shape index (κ2) is 4.94. The Bertz CT molecular complexity index is 466. The fourth-order valence-corrected chi connectivity index (χ4v) is 1.31. The second-order valence-electron chi connectivity index (χ2n) is 3.26. The predicted octanol–water partition coefficient (Wildman–Crippen LogP) is 1.33. The van der Waals surface area contributed by atoms with Crippen molar-refractivity contribution in [1.29, 1.82) is 5.26 Å². The van der Waals surface area contributed by atoms with Crippen LogP contribution in [0.2, 0.25) is 0 Å². The molecule has 0 amide bonds. The maximum atomic E-state index is 8.61. The number of H-pyrrole nitrogens is 1. The van der Waals surface area contributed by atoms with Gasteiger partial charge in [-0.15, -0.1) is 0 Å². The maximum Gasteiger partial charge on any atom is 0.125 e. The number of aromatic amines is 1. The van der Waals surface area contributed by atoms with E-state index in [0.29, 0.717) is 5.56 Å². The van der Waals surface area contributed by atoms with Gasteiger partial charge < -0.3 is 10.3 Å². The first-order valence-electron chi connectivity index (χ1n) is 4.97. The van der Waals surface area contributed by atoms with Gasteiger partial charge in [-0.1, -0.05) is 0 Å². The van der Waals surface area contributed by atoms with Crippen molar-refractivity contribution in [3.63, 3.8) is 0 Å². The zero-order chi connectivity index (χ0) is 11.2.